The van der Waals surface area contributed by atoms with E-state index in [9.17, 15) is 26.3 Å². The first kappa shape index (κ1) is 25.4. The number of piperidine rings is 1. The highest BCUT2D eigenvalue weighted by molar-refractivity contribution is 5.00. The monoisotopic (exact) mass is 488 g/mol. The minimum Gasteiger partial charge on any atom is -0.359 e. The number of ether oxygens (including phenoxy) is 2. The van der Waals surface area contributed by atoms with Crippen LogP contribution in [0.2, 0.25) is 0 Å². The molecule has 3 aliphatic heterocycles. The van der Waals surface area contributed by atoms with Gasteiger partial charge < -0.3 is 14.8 Å². The van der Waals surface area contributed by atoms with E-state index in [4.69, 9.17) is 9.47 Å². The number of hydrogen-bond donors (Lipinski definition) is 4. The van der Waals surface area contributed by atoms with Crippen molar-refractivity contribution in [2.75, 3.05) is 6.54 Å². The summed E-state index contributed by atoms with van der Waals surface area (Å²) in [4.78, 5) is 0. The quantitative estimate of drug-likeness (QED) is 0.456. The van der Waals surface area contributed by atoms with Gasteiger partial charge in [-0.05, 0) is 44.6 Å². The van der Waals surface area contributed by atoms with Crippen molar-refractivity contribution in [3.05, 3.63) is 0 Å². The molecule has 3 heterocycles. The van der Waals surface area contributed by atoms with Gasteiger partial charge in [0.05, 0.1) is 24.0 Å². The lowest BCUT2D eigenvalue weighted by Crippen LogP contribution is -2.68. The maximum atomic E-state index is 14.0. The van der Waals surface area contributed by atoms with Gasteiger partial charge in [-0.3, -0.25) is 5.32 Å². The average molecular weight is 489 g/mol. The third-order valence-electron chi connectivity index (χ3n) is 7.30. The Kier molecular flexibility index (Phi) is 7.81. The summed E-state index contributed by atoms with van der Waals surface area (Å²) in [5.74, 6) is -3.21. The fourth-order valence-electron chi connectivity index (χ4n) is 5.38. The van der Waals surface area contributed by atoms with E-state index < -0.39 is 55.0 Å². The van der Waals surface area contributed by atoms with E-state index in [0.29, 0.717) is 32.2 Å². The van der Waals surface area contributed by atoms with Crippen molar-refractivity contribution in [2.24, 2.45) is 17.8 Å². The number of hydrogen-bond acceptors (Lipinski definition) is 6. The molecule has 1 saturated carbocycles. The van der Waals surface area contributed by atoms with Crippen LogP contribution in [0.15, 0.2) is 0 Å². The predicted octanol–water partition coefficient (Wildman–Crippen LogP) is 3.55. The van der Waals surface area contributed by atoms with Crippen molar-refractivity contribution < 1.29 is 35.8 Å². The van der Waals surface area contributed by atoms with Crippen molar-refractivity contribution in [2.45, 2.75) is 108 Å². The molecular weight excluding hydrogens is 454 g/mol. The molecule has 33 heavy (non-hydrogen) atoms. The lowest BCUT2D eigenvalue weighted by Gasteiger charge is -2.45. The molecule has 1 aliphatic carbocycles. The van der Waals surface area contributed by atoms with Gasteiger partial charge in [0.2, 0.25) is 0 Å². The number of rotatable bonds is 3. The molecule has 0 aromatic heterocycles. The molecule has 0 aromatic carbocycles. The van der Waals surface area contributed by atoms with Crippen LogP contribution < -0.4 is 21.5 Å². The Bertz CT molecular complexity index is 647. The van der Waals surface area contributed by atoms with Crippen molar-refractivity contribution >= 4 is 0 Å². The van der Waals surface area contributed by atoms with Gasteiger partial charge in [-0.1, -0.05) is 26.2 Å². The van der Waals surface area contributed by atoms with Gasteiger partial charge in [0, 0.05) is 6.04 Å². The van der Waals surface area contributed by atoms with Gasteiger partial charge in [0.25, 0.3) is 0 Å². The van der Waals surface area contributed by atoms with E-state index in [2.05, 4.69) is 21.5 Å². The molecule has 6 nitrogen and oxygen atoms in total. The Balaban J connectivity index is 1.61. The highest BCUT2D eigenvalue weighted by Gasteiger charge is 2.55. The second kappa shape index (κ2) is 10.1. The molecule has 4 N–H and O–H groups in total. The van der Waals surface area contributed by atoms with E-state index in [1.807, 2.05) is 0 Å². The van der Waals surface area contributed by atoms with Crippen molar-refractivity contribution in [3.63, 3.8) is 0 Å². The van der Waals surface area contributed by atoms with E-state index in [-0.39, 0.29) is 24.9 Å². The van der Waals surface area contributed by atoms with Crippen LogP contribution in [0.4, 0.5) is 26.3 Å². The Morgan fingerprint density at radius 2 is 1.45 bits per heavy atom. The topological polar surface area (TPSA) is 66.6 Å². The van der Waals surface area contributed by atoms with Crippen LogP contribution in [0.1, 0.15) is 58.3 Å². The number of nitrogens with one attached hydrogen (secondary N) is 4. The first-order valence-electron chi connectivity index (χ1n) is 12.0. The van der Waals surface area contributed by atoms with Crippen molar-refractivity contribution in [1.29, 1.82) is 0 Å². The largest absolute Gasteiger partial charge is 0.395 e. The zero-order valence-electron chi connectivity index (χ0n) is 18.6. The molecule has 0 amide bonds. The van der Waals surface area contributed by atoms with Crippen LogP contribution in [-0.2, 0) is 9.47 Å². The summed E-state index contributed by atoms with van der Waals surface area (Å²) >= 11 is 0. The average Bonchev–Trinajstić information content (AvgIpc) is 3.46. The molecular formula is C21H34F6N4O2. The third-order valence-corrected chi connectivity index (χ3v) is 7.30. The molecule has 192 valence electrons. The van der Waals surface area contributed by atoms with Gasteiger partial charge in [0.1, 0.15) is 18.7 Å². The second-order valence-corrected chi connectivity index (χ2v) is 9.73. The maximum Gasteiger partial charge on any atom is 0.395 e. The molecule has 0 spiro atoms. The highest BCUT2D eigenvalue weighted by Crippen LogP contribution is 2.43. The summed E-state index contributed by atoms with van der Waals surface area (Å²) in [5.41, 5.74) is 5.36. The van der Waals surface area contributed by atoms with Crippen molar-refractivity contribution in [3.8, 4) is 0 Å². The molecule has 12 heteroatoms. The van der Waals surface area contributed by atoms with E-state index in [1.54, 1.807) is 6.92 Å². The standard InChI is InChI=1S/C21H34F6N4O2/c1-2-28-14-10-13(21(25,26)27)17-29-16(14)19-31-30-18(33-19)12(20(22,23)24)6-4-3-5-7-15(32-17)11-8-9-11/h11-19,28-31H,2-10H2,1H3/t12-,13?,14?,15?,16?,17?,18?,19?/m1/s1. The zero-order chi connectivity index (χ0) is 23.8. The van der Waals surface area contributed by atoms with Crippen molar-refractivity contribution in [1.82, 2.24) is 21.5 Å². The fourth-order valence-corrected chi connectivity index (χ4v) is 5.38. The molecule has 8 atom stereocenters. The summed E-state index contributed by atoms with van der Waals surface area (Å²) in [5, 5.41) is 6.04. The fraction of sp³-hybridized carbons (Fsp3) is 1.00. The smallest absolute Gasteiger partial charge is 0.359 e. The third kappa shape index (κ3) is 6.13. The van der Waals surface area contributed by atoms with Gasteiger partial charge in [-0.25, -0.2) is 10.9 Å². The van der Waals surface area contributed by atoms with Crippen LogP contribution in [0.3, 0.4) is 0 Å². The molecule has 0 aromatic rings. The lowest BCUT2D eigenvalue weighted by molar-refractivity contribution is -0.242. The number of alkyl halides is 6. The number of fused-ring (bicyclic) bond motifs is 5. The summed E-state index contributed by atoms with van der Waals surface area (Å²) in [7, 11) is 0. The van der Waals surface area contributed by atoms with Crippen LogP contribution in [-0.4, -0.2) is 55.8 Å². The van der Waals surface area contributed by atoms with Gasteiger partial charge in [-0.2, -0.15) is 26.3 Å². The molecule has 7 unspecified atom stereocenters. The van der Waals surface area contributed by atoms with E-state index in [0.717, 1.165) is 12.8 Å². The Hall–Kier alpha value is -0.660. The minimum atomic E-state index is -4.47. The second-order valence-electron chi connectivity index (χ2n) is 9.73. The zero-order valence-corrected chi connectivity index (χ0v) is 18.6. The van der Waals surface area contributed by atoms with Gasteiger partial charge >= 0.3 is 12.4 Å². The minimum absolute atomic E-state index is 0.0714. The van der Waals surface area contributed by atoms with Gasteiger partial charge in [-0.15, -0.1) is 0 Å². The first-order valence-corrected chi connectivity index (χ1v) is 12.0. The molecule has 4 bridgehead atoms. The lowest BCUT2D eigenvalue weighted by atomic mass is 9.86. The molecule has 0 radical (unpaired) electrons. The van der Waals surface area contributed by atoms with E-state index in [1.165, 1.54) is 0 Å². The maximum absolute atomic E-state index is 14.0. The van der Waals surface area contributed by atoms with E-state index >= 15 is 0 Å². The first-order chi connectivity index (χ1) is 15.6. The van der Waals surface area contributed by atoms with Crippen LogP contribution in [0.5, 0.6) is 0 Å². The molecule has 4 rings (SSSR count). The van der Waals surface area contributed by atoms with Gasteiger partial charge in [0.15, 0.2) is 0 Å². The summed E-state index contributed by atoms with van der Waals surface area (Å²) < 4.78 is 95.1. The SMILES string of the molecule is CCNC1CC(C(F)(F)F)C2NC1C1NNC(O1)[C@H](C(F)(F)F)CCCCCC(C1CC1)O2. The van der Waals surface area contributed by atoms with Crippen LogP contribution in [0, 0.1) is 17.8 Å². The van der Waals surface area contributed by atoms with Crippen LogP contribution >= 0.6 is 0 Å². The summed E-state index contributed by atoms with van der Waals surface area (Å²) in [6.07, 6.45) is -9.15. The predicted molar refractivity (Wildman–Crippen MR) is 107 cm³/mol. The highest BCUT2D eigenvalue weighted by atomic mass is 19.4. The molecule has 3 saturated heterocycles. The Morgan fingerprint density at radius 3 is 2.09 bits per heavy atom. The summed E-state index contributed by atoms with van der Waals surface area (Å²) in [6, 6.07) is -1.36. The number of halogens is 6. The summed E-state index contributed by atoms with van der Waals surface area (Å²) in [6.45, 7) is 2.19. The Morgan fingerprint density at radius 1 is 0.788 bits per heavy atom. The Labute approximate surface area is 189 Å². The van der Waals surface area contributed by atoms with Crippen LogP contribution in [0.25, 0.3) is 0 Å². The number of hydrazine groups is 1. The molecule has 4 fully saturated rings. The molecule has 4 aliphatic rings. The normalized spacial score (nSPS) is 41.5. The number of likely N-dealkylation sites (N-methyl/N-ethyl adjacent to an activating group) is 1.